The third-order valence-electron chi connectivity index (χ3n) is 3.53. The number of carbonyl (C=O) groups is 1. The van der Waals surface area contributed by atoms with Gasteiger partial charge >= 0.3 is 0 Å². The fourth-order valence-corrected chi connectivity index (χ4v) is 2.56. The molecule has 0 aliphatic rings. The summed E-state index contributed by atoms with van der Waals surface area (Å²) in [5.41, 5.74) is 0.867. The molecule has 0 atom stereocenters. The standard InChI is InChI=1S/C20H18Cl2N2O3/c1-3-9-27-17-8-7-13(11-18(17)26-2)10-14(12-23)20(25)24-16-6-4-5-15(21)19(16)22/h4-8,10-11H,3,9H2,1-2H3,(H,24,25)/b14-10+. The maximum Gasteiger partial charge on any atom is 0.266 e. The zero-order chi connectivity index (χ0) is 19.8. The van der Waals surface area contributed by atoms with Crippen LogP contribution in [0, 0.1) is 11.3 Å². The molecule has 2 rings (SSSR count). The van der Waals surface area contributed by atoms with Gasteiger partial charge in [-0.1, -0.05) is 42.3 Å². The van der Waals surface area contributed by atoms with E-state index < -0.39 is 5.91 Å². The molecule has 0 unspecified atom stereocenters. The fraction of sp³-hybridized carbons (Fsp3) is 0.200. The topological polar surface area (TPSA) is 71.3 Å². The van der Waals surface area contributed by atoms with Crippen LogP contribution in [0.25, 0.3) is 6.08 Å². The molecule has 0 bridgehead atoms. The third-order valence-corrected chi connectivity index (χ3v) is 4.34. The molecule has 27 heavy (non-hydrogen) atoms. The lowest BCUT2D eigenvalue weighted by Crippen LogP contribution is -2.13. The molecule has 1 N–H and O–H groups in total. The van der Waals surface area contributed by atoms with Crippen molar-refractivity contribution in [2.24, 2.45) is 0 Å². The lowest BCUT2D eigenvalue weighted by Gasteiger charge is -2.11. The molecule has 0 saturated carbocycles. The van der Waals surface area contributed by atoms with Gasteiger partial charge in [-0.3, -0.25) is 4.79 Å². The Hall–Kier alpha value is -2.68. The van der Waals surface area contributed by atoms with Gasteiger partial charge in [0.1, 0.15) is 11.6 Å². The predicted molar refractivity (Wildman–Crippen MR) is 107 cm³/mol. The smallest absolute Gasteiger partial charge is 0.266 e. The number of nitrogens with zero attached hydrogens (tertiary/aromatic N) is 1. The number of rotatable bonds is 7. The molecule has 1 amide bonds. The Balaban J connectivity index is 2.25. The van der Waals surface area contributed by atoms with Crippen LogP contribution < -0.4 is 14.8 Å². The van der Waals surface area contributed by atoms with Gasteiger partial charge in [0.25, 0.3) is 5.91 Å². The summed E-state index contributed by atoms with van der Waals surface area (Å²) in [5.74, 6) is 0.532. The van der Waals surface area contributed by atoms with Gasteiger partial charge in [-0.25, -0.2) is 0 Å². The van der Waals surface area contributed by atoms with Gasteiger partial charge in [0.15, 0.2) is 11.5 Å². The average Bonchev–Trinajstić information content (AvgIpc) is 2.68. The summed E-state index contributed by atoms with van der Waals surface area (Å²) in [7, 11) is 1.53. The van der Waals surface area contributed by atoms with Crippen LogP contribution in [-0.2, 0) is 4.79 Å². The van der Waals surface area contributed by atoms with Crippen molar-refractivity contribution in [2.45, 2.75) is 13.3 Å². The normalized spacial score (nSPS) is 10.9. The van der Waals surface area contributed by atoms with E-state index >= 15 is 0 Å². The number of benzene rings is 2. The van der Waals surface area contributed by atoms with Crippen LogP contribution in [0.4, 0.5) is 5.69 Å². The second-order valence-electron chi connectivity index (χ2n) is 5.48. The highest BCUT2D eigenvalue weighted by Gasteiger charge is 2.13. The van der Waals surface area contributed by atoms with Crippen LogP contribution in [0.1, 0.15) is 18.9 Å². The second kappa shape index (κ2) is 9.86. The number of hydrogen-bond donors (Lipinski definition) is 1. The molecule has 0 heterocycles. The first kappa shape index (κ1) is 20.6. The molecule has 7 heteroatoms. The van der Waals surface area contributed by atoms with Crippen molar-refractivity contribution in [3.63, 3.8) is 0 Å². The maximum absolute atomic E-state index is 12.4. The predicted octanol–water partition coefficient (Wildman–Crippen LogP) is 5.34. The molecular formula is C20H18Cl2N2O3. The van der Waals surface area contributed by atoms with E-state index in [2.05, 4.69) is 5.32 Å². The largest absolute Gasteiger partial charge is 0.493 e. The Morgan fingerprint density at radius 2 is 2.04 bits per heavy atom. The van der Waals surface area contributed by atoms with Crippen molar-refractivity contribution < 1.29 is 14.3 Å². The Bertz CT molecular complexity index is 905. The minimum atomic E-state index is -0.591. The van der Waals surface area contributed by atoms with E-state index in [-0.39, 0.29) is 10.6 Å². The molecule has 0 aliphatic carbocycles. The minimum Gasteiger partial charge on any atom is -0.493 e. The molecule has 0 aliphatic heterocycles. The summed E-state index contributed by atoms with van der Waals surface area (Å²) < 4.78 is 10.9. The third kappa shape index (κ3) is 5.40. The molecule has 0 fully saturated rings. The van der Waals surface area contributed by atoms with Gasteiger partial charge < -0.3 is 14.8 Å². The quantitative estimate of drug-likeness (QED) is 0.499. The SMILES string of the molecule is CCCOc1ccc(/C=C(\C#N)C(=O)Nc2cccc(Cl)c2Cl)cc1OC. The molecule has 0 saturated heterocycles. The van der Waals surface area contributed by atoms with Gasteiger partial charge in [-0.15, -0.1) is 0 Å². The van der Waals surface area contributed by atoms with Crippen LogP contribution in [0.3, 0.4) is 0 Å². The van der Waals surface area contributed by atoms with Crippen LogP contribution >= 0.6 is 23.2 Å². The molecule has 5 nitrogen and oxygen atoms in total. The van der Waals surface area contributed by atoms with Gasteiger partial charge in [0, 0.05) is 0 Å². The summed E-state index contributed by atoms with van der Waals surface area (Å²) in [6, 6.07) is 11.9. The van der Waals surface area contributed by atoms with Crippen LogP contribution in [0.5, 0.6) is 11.5 Å². The summed E-state index contributed by atoms with van der Waals surface area (Å²) in [6.45, 7) is 2.57. The number of amides is 1. The van der Waals surface area contributed by atoms with E-state index in [9.17, 15) is 10.1 Å². The van der Waals surface area contributed by atoms with Crippen molar-refractivity contribution in [3.8, 4) is 17.6 Å². The molecule has 0 aromatic heterocycles. The van der Waals surface area contributed by atoms with Crippen molar-refractivity contribution in [1.29, 1.82) is 5.26 Å². The first-order valence-corrected chi connectivity index (χ1v) is 8.93. The Labute approximate surface area is 168 Å². The van der Waals surface area contributed by atoms with E-state index in [0.29, 0.717) is 34.4 Å². The van der Waals surface area contributed by atoms with Crippen LogP contribution in [-0.4, -0.2) is 19.6 Å². The number of halogens is 2. The van der Waals surface area contributed by atoms with Crippen molar-refractivity contribution >= 4 is 40.9 Å². The van der Waals surface area contributed by atoms with Gasteiger partial charge in [0.2, 0.25) is 0 Å². The highest BCUT2D eigenvalue weighted by Crippen LogP contribution is 2.31. The van der Waals surface area contributed by atoms with Gasteiger partial charge in [-0.2, -0.15) is 5.26 Å². The number of hydrogen-bond acceptors (Lipinski definition) is 4. The number of anilines is 1. The number of nitriles is 1. The highest BCUT2D eigenvalue weighted by atomic mass is 35.5. The van der Waals surface area contributed by atoms with E-state index in [1.54, 1.807) is 36.4 Å². The van der Waals surface area contributed by atoms with Crippen molar-refractivity contribution in [2.75, 3.05) is 19.0 Å². The number of carbonyl (C=O) groups excluding carboxylic acids is 1. The zero-order valence-corrected chi connectivity index (χ0v) is 16.4. The van der Waals surface area contributed by atoms with E-state index in [0.717, 1.165) is 6.42 Å². The van der Waals surface area contributed by atoms with Crippen LogP contribution in [0.15, 0.2) is 42.0 Å². The second-order valence-corrected chi connectivity index (χ2v) is 6.27. The van der Waals surface area contributed by atoms with E-state index in [1.807, 2.05) is 13.0 Å². The average molecular weight is 405 g/mol. The summed E-state index contributed by atoms with van der Waals surface area (Å²) in [5, 5.41) is 12.5. The Morgan fingerprint density at radius 1 is 1.26 bits per heavy atom. The van der Waals surface area contributed by atoms with Gasteiger partial charge in [-0.05, 0) is 42.3 Å². The number of ether oxygens (including phenoxy) is 2. The summed E-state index contributed by atoms with van der Waals surface area (Å²) >= 11 is 12.0. The Kier molecular flexibility index (Phi) is 7.54. The zero-order valence-electron chi connectivity index (χ0n) is 14.9. The maximum atomic E-state index is 12.4. The monoisotopic (exact) mass is 404 g/mol. The first-order valence-electron chi connectivity index (χ1n) is 8.18. The Morgan fingerprint density at radius 3 is 2.70 bits per heavy atom. The minimum absolute atomic E-state index is 0.0877. The molecule has 0 spiro atoms. The lowest BCUT2D eigenvalue weighted by molar-refractivity contribution is -0.112. The molecule has 2 aromatic carbocycles. The van der Waals surface area contributed by atoms with E-state index in [1.165, 1.54) is 13.2 Å². The van der Waals surface area contributed by atoms with Gasteiger partial charge in [0.05, 0.1) is 29.4 Å². The van der Waals surface area contributed by atoms with Crippen molar-refractivity contribution in [3.05, 3.63) is 57.6 Å². The summed E-state index contributed by atoms with van der Waals surface area (Å²) in [6.07, 6.45) is 2.33. The molecule has 140 valence electrons. The molecule has 2 aromatic rings. The fourth-order valence-electron chi connectivity index (χ4n) is 2.21. The highest BCUT2D eigenvalue weighted by molar-refractivity contribution is 6.44. The molecular weight excluding hydrogens is 387 g/mol. The number of nitrogens with one attached hydrogen (secondary N) is 1. The van der Waals surface area contributed by atoms with E-state index in [4.69, 9.17) is 32.7 Å². The van der Waals surface area contributed by atoms with Crippen molar-refractivity contribution in [1.82, 2.24) is 0 Å². The first-order chi connectivity index (χ1) is 13.0. The molecule has 0 radical (unpaired) electrons. The lowest BCUT2D eigenvalue weighted by atomic mass is 10.1. The number of methoxy groups -OCH3 is 1. The summed E-state index contributed by atoms with van der Waals surface area (Å²) in [4.78, 5) is 12.4. The van der Waals surface area contributed by atoms with Crippen LogP contribution in [0.2, 0.25) is 10.0 Å².